The minimum atomic E-state index is -0.325. The van der Waals surface area contributed by atoms with Crippen molar-refractivity contribution >= 4 is 11.4 Å². The maximum absolute atomic E-state index is 10.7. The maximum atomic E-state index is 10.7. The third kappa shape index (κ3) is 1.44. The number of hydrogen-bond donors (Lipinski definition) is 1. The molecule has 1 unspecified atom stereocenters. The minimum absolute atomic E-state index is 0.190. The molecular weight excluding hydrogens is 206 g/mol. The molecule has 1 aromatic rings. The van der Waals surface area contributed by atoms with E-state index >= 15 is 0 Å². The van der Waals surface area contributed by atoms with Crippen molar-refractivity contribution in [2.24, 2.45) is 0 Å². The molecule has 84 valence electrons. The molecule has 3 rings (SSSR count). The molecule has 0 aromatic heterocycles. The predicted molar refractivity (Wildman–Crippen MR) is 60.8 cm³/mol. The summed E-state index contributed by atoms with van der Waals surface area (Å²) in [6.45, 7) is 2.87. The number of rotatable bonds is 1. The average Bonchev–Trinajstić information content (AvgIpc) is 2.29. The molecule has 16 heavy (non-hydrogen) atoms. The van der Waals surface area contributed by atoms with Gasteiger partial charge in [-0.3, -0.25) is 10.1 Å². The predicted octanol–water partition coefficient (Wildman–Crippen LogP) is 0.929. The summed E-state index contributed by atoms with van der Waals surface area (Å²) in [7, 11) is 0. The van der Waals surface area contributed by atoms with Crippen molar-refractivity contribution in [3.63, 3.8) is 0 Å². The molecule has 0 saturated carbocycles. The topological polar surface area (TPSA) is 58.4 Å². The molecule has 0 amide bonds. The van der Waals surface area contributed by atoms with Crippen molar-refractivity contribution in [2.45, 2.75) is 12.5 Å². The van der Waals surface area contributed by atoms with Crippen molar-refractivity contribution in [1.82, 2.24) is 5.32 Å². The van der Waals surface area contributed by atoms with E-state index in [4.69, 9.17) is 0 Å². The number of benzene rings is 1. The van der Waals surface area contributed by atoms with Crippen LogP contribution in [0.4, 0.5) is 11.4 Å². The van der Waals surface area contributed by atoms with Gasteiger partial charge in [-0.2, -0.15) is 0 Å². The van der Waals surface area contributed by atoms with Gasteiger partial charge in [0.2, 0.25) is 0 Å². The van der Waals surface area contributed by atoms with Gasteiger partial charge in [-0.15, -0.1) is 0 Å². The van der Waals surface area contributed by atoms with Gasteiger partial charge >= 0.3 is 0 Å². The van der Waals surface area contributed by atoms with Crippen LogP contribution < -0.4 is 10.2 Å². The first-order valence-corrected chi connectivity index (χ1v) is 5.50. The zero-order valence-electron chi connectivity index (χ0n) is 8.85. The minimum Gasteiger partial charge on any atom is -0.368 e. The van der Waals surface area contributed by atoms with E-state index in [1.54, 1.807) is 12.1 Å². The van der Waals surface area contributed by atoms with E-state index in [9.17, 15) is 10.1 Å². The molecule has 5 heteroatoms. The van der Waals surface area contributed by atoms with Crippen molar-refractivity contribution in [2.75, 3.05) is 24.5 Å². The molecule has 0 aliphatic carbocycles. The van der Waals surface area contributed by atoms with Crippen LogP contribution in [0.5, 0.6) is 0 Å². The number of nitrogens with zero attached hydrogens (tertiary/aromatic N) is 2. The summed E-state index contributed by atoms with van der Waals surface area (Å²) < 4.78 is 0. The Morgan fingerprint density at radius 1 is 1.50 bits per heavy atom. The van der Waals surface area contributed by atoms with Gasteiger partial charge in [0.25, 0.3) is 5.69 Å². The van der Waals surface area contributed by atoms with Crippen LogP contribution in [-0.2, 0) is 6.42 Å². The highest BCUT2D eigenvalue weighted by Gasteiger charge is 2.28. The van der Waals surface area contributed by atoms with E-state index < -0.39 is 0 Å². The Morgan fingerprint density at radius 3 is 3.19 bits per heavy atom. The summed E-state index contributed by atoms with van der Waals surface area (Å²) in [5.74, 6) is 0. The molecular formula is C11H13N3O2. The molecule has 1 fully saturated rings. The lowest BCUT2D eigenvalue weighted by atomic mass is 9.95. The number of hydrogen-bond acceptors (Lipinski definition) is 4. The SMILES string of the molecule is O=[N+]([O-])c1ccc2c(c1)N1CCNC(C2)C1. The molecule has 5 nitrogen and oxygen atoms in total. The molecule has 2 aliphatic heterocycles. The van der Waals surface area contributed by atoms with E-state index in [0.29, 0.717) is 6.04 Å². The van der Waals surface area contributed by atoms with E-state index in [0.717, 1.165) is 31.7 Å². The van der Waals surface area contributed by atoms with Gasteiger partial charge in [-0.1, -0.05) is 6.07 Å². The summed E-state index contributed by atoms with van der Waals surface area (Å²) in [6, 6.07) is 5.69. The van der Waals surface area contributed by atoms with Crippen molar-refractivity contribution < 1.29 is 4.92 Å². The fourth-order valence-corrected chi connectivity index (χ4v) is 2.58. The molecule has 1 N–H and O–H groups in total. The number of fused-ring (bicyclic) bond motifs is 4. The zero-order valence-corrected chi connectivity index (χ0v) is 8.85. The van der Waals surface area contributed by atoms with Crippen molar-refractivity contribution in [3.05, 3.63) is 33.9 Å². The number of nitrogens with one attached hydrogen (secondary N) is 1. The molecule has 2 bridgehead atoms. The quantitative estimate of drug-likeness (QED) is 0.564. The first-order chi connectivity index (χ1) is 7.74. The number of piperazine rings is 1. The van der Waals surface area contributed by atoms with Gasteiger partial charge in [-0.05, 0) is 12.0 Å². The molecule has 1 atom stereocenters. The Labute approximate surface area is 93.2 Å². The van der Waals surface area contributed by atoms with E-state index in [2.05, 4.69) is 10.2 Å². The number of non-ortho nitro benzene ring substituents is 1. The molecule has 2 aliphatic rings. The fraction of sp³-hybridized carbons (Fsp3) is 0.455. The van der Waals surface area contributed by atoms with Crippen molar-refractivity contribution in [3.8, 4) is 0 Å². The second-order valence-corrected chi connectivity index (χ2v) is 4.37. The van der Waals surface area contributed by atoms with Gasteiger partial charge in [0.1, 0.15) is 0 Å². The van der Waals surface area contributed by atoms with Crippen LogP contribution in [0.15, 0.2) is 18.2 Å². The first-order valence-electron chi connectivity index (χ1n) is 5.50. The van der Waals surface area contributed by atoms with Crippen LogP contribution in [0.3, 0.4) is 0 Å². The number of anilines is 1. The zero-order chi connectivity index (χ0) is 11.1. The highest BCUT2D eigenvalue weighted by atomic mass is 16.6. The lowest BCUT2D eigenvalue weighted by molar-refractivity contribution is -0.384. The van der Waals surface area contributed by atoms with Crippen LogP contribution >= 0.6 is 0 Å². The number of nitro groups is 1. The van der Waals surface area contributed by atoms with Crippen LogP contribution in [0, 0.1) is 10.1 Å². The molecule has 1 aromatic carbocycles. The highest BCUT2D eigenvalue weighted by Crippen LogP contribution is 2.31. The lowest BCUT2D eigenvalue weighted by Gasteiger charge is -2.40. The van der Waals surface area contributed by atoms with Gasteiger partial charge in [0.05, 0.1) is 4.92 Å². The average molecular weight is 219 g/mol. The Balaban J connectivity index is 2.04. The summed E-state index contributed by atoms with van der Waals surface area (Å²) >= 11 is 0. The fourth-order valence-electron chi connectivity index (χ4n) is 2.58. The molecule has 1 saturated heterocycles. The first kappa shape index (κ1) is 9.59. The van der Waals surface area contributed by atoms with Crippen LogP contribution in [0.25, 0.3) is 0 Å². The van der Waals surface area contributed by atoms with Crippen LogP contribution in [0.1, 0.15) is 5.56 Å². The molecule has 2 heterocycles. The van der Waals surface area contributed by atoms with Crippen LogP contribution in [-0.4, -0.2) is 30.6 Å². The Morgan fingerprint density at radius 2 is 2.38 bits per heavy atom. The highest BCUT2D eigenvalue weighted by molar-refractivity contribution is 5.61. The smallest absolute Gasteiger partial charge is 0.271 e. The second-order valence-electron chi connectivity index (χ2n) is 4.37. The summed E-state index contributed by atoms with van der Waals surface area (Å²) in [5.41, 5.74) is 2.46. The summed E-state index contributed by atoms with van der Waals surface area (Å²) in [4.78, 5) is 12.7. The Bertz CT molecular complexity index is 447. The Hall–Kier alpha value is -1.62. The van der Waals surface area contributed by atoms with Gasteiger partial charge in [0, 0.05) is 43.5 Å². The summed E-state index contributed by atoms with van der Waals surface area (Å²) in [6.07, 6.45) is 0.976. The largest absolute Gasteiger partial charge is 0.368 e. The Kier molecular flexibility index (Phi) is 2.07. The second kappa shape index (κ2) is 3.45. The van der Waals surface area contributed by atoms with Gasteiger partial charge in [-0.25, -0.2) is 0 Å². The maximum Gasteiger partial charge on any atom is 0.271 e. The third-order valence-electron chi connectivity index (χ3n) is 3.34. The lowest BCUT2D eigenvalue weighted by Crippen LogP contribution is -2.54. The summed E-state index contributed by atoms with van der Waals surface area (Å²) in [5, 5.41) is 14.2. The van der Waals surface area contributed by atoms with Gasteiger partial charge in [0.15, 0.2) is 0 Å². The van der Waals surface area contributed by atoms with Gasteiger partial charge < -0.3 is 10.2 Å². The van der Waals surface area contributed by atoms with E-state index in [1.165, 1.54) is 5.56 Å². The third-order valence-corrected chi connectivity index (χ3v) is 3.34. The standard InChI is InChI=1S/C11H13N3O2/c15-14(16)10-2-1-8-5-9-7-13(4-3-12-9)11(8)6-10/h1-2,6,9,12H,3-5,7H2. The molecule has 0 spiro atoms. The molecule has 0 radical (unpaired) electrons. The van der Waals surface area contributed by atoms with Crippen LogP contribution in [0.2, 0.25) is 0 Å². The monoisotopic (exact) mass is 219 g/mol. The van der Waals surface area contributed by atoms with E-state index in [-0.39, 0.29) is 10.6 Å². The normalized spacial score (nSPS) is 22.8. The van der Waals surface area contributed by atoms with Crippen molar-refractivity contribution in [1.29, 1.82) is 0 Å². The van der Waals surface area contributed by atoms with E-state index in [1.807, 2.05) is 6.07 Å². The number of nitro benzene ring substituents is 1.